The molecule has 1 spiro atoms. The van der Waals surface area contributed by atoms with Crippen LogP contribution in [0.4, 0.5) is 16.4 Å². The maximum atomic E-state index is 13.2. The smallest absolute Gasteiger partial charge is 0.326 e. The van der Waals surface area contributed by atoms with Crippen molar-refractivity contribution in [3.63, 3.8) is 0 Å². The third-order valence-electron chi connectivity index (χ3n) is 9.28. The molecule has 3 aliphatic heterocycles. The molecule has 2 amide bonds. The summed E-state index contributed by atoms with van der Waals surface area (Å²) in [5, 5.41) is 11.0. The molecule has 4 aliphatic rings. The number of carbonyl (C=O) groups excluding carboxylic acids is 1. The first-order valence-electron chi connectivity index (χ1n) is 14.6. The molecule has 1 aliphatic carbocycles. The minimum Gasteiger partial charge on any atom is -0.486 e. The molecule has 3 aromatic rings. The van der Waals surface area contributed by atoms with Crippen LogP contribution < -0.4 is 20.3 Å². The van der Waals surface area contributed by atoms with Crippen molar-refractivity contribution in [1.82, 2.24) is 24.8 Å². The summed E-state index contributed by atoms with van der Waals surface area (Å²) >= 11 is 1.42. The van der Waals surface area contributed by atoms with Crippen LogP contribution >= 0.6 is 11.8 Å². The van der Waals surface area contributed by atoms with Crippen LogP contribution in [0.2, 0.25) is 0 Å². The number of aryl methyl sites for hydroxylation is 1. The van der Waals surface area contributed by atoms with Gasteiger partial charge in [0.25, 0.3) is 0 Å². The maximum Gasteiger partial charge on any atom is 0.326 e. The Bertz CT molecular complexity index is 1540. The molecule has 0 radical (unpaired) electrons. The van der Waals surface area contributed by atoms with Gasteiger partial charge in [0, 0.05) is 49.8 Å². The van der Waals surface area contributed by atoms with Crippen molar-refractivity contribution >= 4 is 29.4 Å². The van der Waals surface area contributed by atoms with E-state index in [9.17, 15) is 9.90 Å². The van der Waals surface area contributed by atoms with E-state index in [1.54, 1.807) is 11.1 Å². The van der Waals surface area contributed by atoms with Crippen LogP contribution in [0.1, 0.15) is 55.4 Å². The lowest BCUT2D eigenvalue weighted by Gasteiger charge is -2.42. The first-order chi connectivity index (χ1) is 20.3. The molecule has 7 rings (SSSR count). The number of pyridine rings is 2. The number of carbonyl (C=O) groups is 1. The molecule has 1 unspecified atom stereocenters. The van der Waals surface area contributed by atoms with Crippen molar-refractivity contribution in [2.75, 3.05) is 36.0 Å². The number of hydrogen-bond acceptors (Lipinski definition) is 10. The quantitative estimate of drug-likeness (QED) is 0.456. The predicted molar refractivity (Wildman–Crippen MR) is 159 cm³/mol. The summed E-state index contributed by atoms with van der Waals surface area (Å²) in [4.78, 5) is 38.8. The largest absolute Gasteiger partial charge is 0.486 e. The number of fused-ring (bicyclic) bond motifs is 4. The van der Waals surface area contributed by atoms with Crippen molar-refractivity contribution in [1.29, 1.82) is 0 Å². The number of nitrogens with zero attached hydrogens (tertiary/aromatic N) is 7. The molecular weight excluding hydrogens is 552 g/mol. The molecule has 0 aromatic carbocycles. The molecule has 12 heteroatoms. The molecule has 11 nitrogen and oxygen atoms in total. The van der Waals surface area contributed by atoms with E-state index in [4.69, 9.17) is 20.4 Å². The highest BCUT2D eigenvalue weighted by molar-refractivity contribution is 7.99. The number of rotatable bonds is 5. The average Bonchev–Trinajstić information content (AvgIpc) is 3.48. The second kappa shape index (κ2) is 10.4. The second-order valence-corrected chi connectivity index (χ2v) is 13.0. The molecule has 6 heterocycles. The number of hydrogen-bond donors (Lipinski definition) is 2. The number of aliphatic hydroxyl groups excluding tert-OH is 1. The highest BCUT2D eigenvalue weighted by Crippen LogP contribution is 2.51. The second-order valence-electron chi connectivity index (χ2n) is 12.0. The first kappa shape index (κ1) is 27.4. The standard InChI is InChI=1S/C30H36N8O3S/c1-17(2)37-14-19-16-41-24-23(6-10-33-27(24)38(19)29(37)40)42-28-18(3)34-26(22(15-39)35-28)36-11-7-30(8-12-36)13-21-20(25(30)31)5-4-9-32-21/h4-6,9-10,17,19,25,39H,7-8,11-16,31H2,1-3H3/t19?,25-/m1/s1. The van der Waals surface area contributed by atoms with Crippen molar-refractivity contribution in [2.24, 2.45) is 11.1 Å². The summed E-state index contributed by atoms with van der Waals surface area (Å²) in [6, 6.07) is 5.94. The van der Waals surface area contributed by atoms with Crippen molar-refractivity contribution < 1.29 is 14.6 Å². The third-order valence-corrected chi connectivity index (χ3v) is 10.4. The van der Waals surface area contributed by atoms with E-state index in [0.29, 0.717) is 35.4 Å². The molecular formula is C30H36N8O3S. The number of piperidine rings is 1. The van der Waals surface area contributed by atoms with Crippen molar-refractivity contribution in [2.45, 2.75) is 74.7 Å². The Labute approximate surface area is 249 Å². The molecule has 2 atom stereocenters. The summed E-state index contributed by atoms with van der Waals surface area (Å²) in [6.07, 6.45) is 6.31. The molecule has 3 N–H and O–H groups in total. The van der Waals surface area contributed by atoms with Gasteiger partial charge < -0.3 is 25.4 Å². The van der Waals surface area contributed by atoms with Gasteiger partial charge in [0.2, 0.25) is 0 Å². The maximum absolute atomic E-state index is 13.2. The third kappa shape index (κ3) is 4.30. The van der Waals surface area contributed by atoms with Gasteiger partial charge >= 0.3 is 6.03 Å². The number of anilines is 2. The van der Waals surface area contributed by atoms with Crippen LogP contribution in [0, 0.1) is 12.3 Å². The van der Waals surface area contributed by atoms with E-state index in [2.05, 4.69) is 20.9 Å². The highest BCUT2D eigenvalue weighted by Gasteiger charge is 2.47. The van der Waals surface area contributed by atoms with E-state index >= 15 is 0 Å². The lowest BCUT2D eigenvalue weighted by Crippen LogP contribution is -2.45. The van der Waals surface area contributed by atoms with Gasteiger partial charge in [0.15, 0.2) is 17.4 Å². The van der Waals surface area contributed by atoms with Gasteiger partial charge in [-0.1, -0.05) is 17.8 Å². The molecule has 3 aromatic heterocycles. The summed E-state index contributed by atoms with van der Waals surface area (Å²) in [6.45, 7) is 8.37. The fraction of sp³-hybridized carbons (Fsp3) is 0.500. The van der Waals surface area contributed by atoms with Gasteiger partial charge in [-0.05, 0) is 63.1 Å². The Morgan fingerprint density at radius 2 is 1.98 bits per heavy atom. The lowest BCUT2D eigenvalue weighted by atomic mass is 9.73. The number of nitrogens with two attached hydrogens (primary N) is 1. The number of aromatic nitrogens is 4. The number of urea groups is 1. The van der Waals surface area contributed by atoms with Crippen molar-refractivity contribution in [3.05, 3.63) is 53.2 Å². The highest BCUT2D eigenvalue weighted by atomic mass is 32.2. The Hall–Kier alpha value is -3.48. The van der Waals surface area contributed by atoms with E-state index in [1.165, 1.54) is 17.3 Å². The van der Waals surface area contributed by atoms with Gasteiger partial charge in [0.1, 0.15) is 17.3 Å². The Balaban J connectivity index is 1.11. The van der Waals surface area contributed by atoms with Crippen LogP contribution in [-0.4, -0.2) is 74.3 Å². The Kier molecular flexibility index (Phi) is 6.74. The minimum atomic E-state index is -0.216. The van der Waals surface area contributed by atoms with Crippen LogP contribution in [0.15, 0.2) is 40.5 Å². The number of amides is 2. The van der Waals surface area contributed by atoms with E-state index in [1.807, 2.05) is 44.0 Å². The van der Waals surface area contributed by atoms with Gasteiger partial charge in [-0.3, -0.25) is 9.88 Å². The van der Waals surface area contributed by atoms with Gasteiger partial charge in [-0.2, -0.15) is 0 Å². The SMILES string of the molecule is Cc1nc(N2CCC3(CC2)Cc2ncccc2[C@H]3N)c(CO)nc1Sc1ccnc2c1OCC1CN(C(C)C)C(=O)N21. The Morgan fingerprint density at radius 1 is 1.17 bits per heavy atom. The normalized spacial score (nSPS) is 22.4. The zero-order valence-corrected chi connectivity index (χ0v) is 25.0. The summed E-state index contributed by atoms with van der Waals surface area (Å²) in [5.41, 5.74) is 10.4. The van der Waals surface area contributed by atoms with Gasteiger partial charge in [-0.15, -0.1) is 0 Å². The first-order valence-corrected chi connectivity index (χ1v) is 15.4. The van der Waals surface area contributed by atoms with E-state index < -0.39 is 0 Å². The number of ether oxygens (including phenoxy) is 1. The van der Waals surface area contributed by atoms with E-state index in [-0.39, 0.29) is 36.2 Å². The monoisotopic (exact) mass is 588 g/mol. The van der Waals surface area contributed by atoms with Gasteiger partial charge in [-0.25, -0.2) is 19.7 Å². The minimum absolute atomic E-state index is 0.00714. The lowest BCUT2D eigenvalue weighted by molar-refractivity contribution is 0.186. The molecule has 2 fully saturated rings. The molecule has 42 heavy (non-hydrogen) atoms. The summed E-state index contributed by atoms with van der Waals surface area (Å²) in [5.74, 6) is 1.85. The number of aliphatic hydroxyl groups is 1. The molecule has 220 valence electrons. The van der Waals surface area contributed by atoms with Crippen LogP contribution in [0.25, 0.3) is 0 Å². The fourth-order valence-corrected chi connectivity index (χ4v) is 7.81. The van der Waals surface area contributed by atoms with Crippen LogP contribution in [-0.2, 0) is 13.0 Å². The molecule has 0 bridgehead atoms. The average molecular weight is 589 g/mol. The fourth-order valence-electron chi connectivity index (χ4n) is 6.88. The van der Waals surface area contributed by atoms with Crippen molar-refractivity contribution in [3.8, 4) is 5.75 Å². The molecule has 2 saturated heterocycles. The van der Waals surface area contributed by atoms with Gasteiger partial charge in [0.05, 0.1) is 23.2 Å². The zero-order valence-electron chi connectivity index (χ0n) is 24.2. The zero-order chi connectivity index (χ0) is 29.2. The summed E-state index contributed by atoms with van der Waals surface area (Å²) in [7, 11) is 0. The molecule has 0 saturated carbocycles. The Morgan fingerprint density at radius 3 is 2.71 bits per heavy atom. The van der Waals surface area contributed by atoms with E-state index in [0.717, 1.165) is 54.5 Å². The summed E-state index contributed by atoms with van der Waals surface area (Å²) < 4.78 is 6.19. The van der Waals surface area contributed by atoms with Crippen LogP contribution in [0.3, 0.4) is 0 Å². The van der Waals surface area contributed by atoms with Crippen LogP contribution in [0.5, 0.6) is 5.75 Å². The topological polar surface area (TPSA) is 134 Å². The predicted octanol–water partition coefficient (Wildman–Crippen LogP) is 3.47.